The van der Waals surface area contributed by atoms with Crippen LogP contribution in [-0.2, 0) is 17.8 Å². The molecule has 3 rings (SSSR count). The lowest BCUT2D eigenvalue weighted by atomic mass is 10.1. The molecule has 7 heteroatoms. The van der Waals surface area contributed by atoms with Gasteiger partial charge in [0.05, 0.1) is 25.9 Å². The average Bonchev–Trinajstić information content (AvgIpc) is 3.07. The summed E-state index contributed by atoms with van der Waals surface area (Å²) in [6.07, 6.45) is 0.579. The minimum Gasteiger partial charge on any atom is -0.391 e. The number of guanidine groups is 1. The summed E-state index contributed by atoms with van der Waals surface area (Å²) in [5.74, 6) is 0.903. The summed E-state index contributed by atoms with van der Waals surface area (Å²) in [5.41, 5.74) is 2.61. The van der Waals surface area contributed by atoms with Crippen LogP contribution in [0.25, 0.3) is 0 Å². The summed E-state index contributed by atoms with van der Waals surface area (Å²) in [7, 11) is 0. The van der Waals surface area contributed by atoms with Gasteiger partial charge in [-0.3, -0.25) is 4.90 Å². The van der Waals surface area contributed by atoms with E-state index in [-0.39, 0.29) is 30.1 Å². The quantitative estimate of drug-likeness (QED) is 0.387. The van der Waals surface area contributed by atoms with Crippen molar-refractivity contribution in [1.29, 1.82) is 0 Å². The molecule has 0 radical (unpaired) electrons. The fourth-order valence-corrected chi connectivity index (χ4v) is 3.39. The Balaban J connectivity index is 0.00000243. The Hall–Kier alpha value is -0.900. The van der Waals surface area contributed by atoms with Gasteiger partial charge < -0.3 is 20.1 Å². The Morgan fingerprint density at radius 3 is 2.62 bits per heavy atom. The molecule has 1 atom stereocenters. The third-order valence-corrected chi connectivity index (χ3v) is 4.81. The number of β-amino-alcohol motifs (C(OH)–C–C–N with tert-alkyl or cyclic N) is 1. The van der Waals surface area contributed by atoms with Crippen LogP contribution in [0.1, 0.15) is 24.5 Å². The van der Waals surface area contributed by atoms with Crippen LogP contribution in [0.5, 0.6) is 0 Å². The largest absolute Gasteiger partial charge is 0.391 e. The molecule has 1 aromatic rings. The Kier molecular flexibility index (Phi) is 9.10. The second kappa shape index (κ2) is 11.1. The zero-order valence-electron chi connectivity index (χ0n) is 15.6. The van der Waals surface area contributed by atoms with Gasteiger partial charge in [0.15, 0.2) is 5.96 Å². The van der Waals surface area contributed by atoms with Crippen molar-refractivity contribution in [1.82, 2.24) is 15.1 Å². The maximum atomic E-state index is 9.79. The molecule has 1 aromatic carbocycles. The molecule has 2 saturated heterocycles. The summed E-state index contributed by atoms with van der Waals surface area (Å²) in [6, 6.07) is 8.56. The average molecular weight is 474 g/mol. The smallest absolute Gasteiger partial charge is 0.194 e. The molecule has 2 heterocycles. The molecule has 0 amide bonds. The van der Waals surface area contributed by atoms with E-state index < -0.39 is 0 Å². The van der Waals surface area contributed by atoms with Gasteiger partial charge in [0, 0.05) is 39.3 Å². The number of rotatable bonds is 5. The summed E-state index contributed by atoms with van der Waals surface area (Å²) in [6.45, 7) is 9.69. The Bertz CT molecular complexity index is 578. The first kappa shape index (κ1) is 21.4. The molecule has 0 spiro atoms. The van der Waals surface area contributed by atoms with Gasteiger partial charge in [-0.1, -0.05) is 24.3 Å². The Morgan fingerprint density at radius 1 is 1.23 bits per heavy atom. The number of aliphatic hydroxyl groups excluding tert-OH is 1. The first-order valence-electron chi connectivity index (χ1n) is 9.34. The van der Waals surface area contributed by atoms with Gasteiger partial charge in [0.2, 0.25) is 0 Å². The molecule has 0 aliphatic carbocycles. The number of hydrogen-bond acceptors (Lipinski definition) is 4. The van der Waals surface area contributed by atoms with Crippen molar-refractivity contribution < 1.29 is 9.84 Å². The first-order valence-corrected chi connectivity index (χ1v) is 9.34. The summed E-state index contributed by atoms with van der Waals surface area (Å²) < 4.78 is 5.44. The third kappa shape index (κ3) is 6.07. The minimum atomic E-state index is -0.238. The number of morpholine rings is 1. The van der Waals surface area contributed by atoms with Crippen molar-refractivity contribution in [3.8, 4) is 0 Å². The first-order chi connectivity index (χ1) is 12.3. The number of halogens is 1. The number of hydrogen-bond donors (Lipinski definition) is 2. The molecule has 0 unspecified atom stereocenters. The van der Waals surface area contributed by atoms with Crippen LogP contribution in [0.2, 0.25) is 0 Å². The predicted octanol–water partition coefficient (Wildman–Crippen LogP) is 1.67. The highest BCUT2D eigenvalue weighted by Gasteiger charge is 2.22. The number of aliphatic imine (C=N–C) groups is 1. The zero-order chi connectivity index (χ0) is 17.5. The van der Waals surface area contributed by atoms with E-state index in [9.17, 15) is 5.11 Å². The molecule has 26 heavy (non-hydrogen) atoms. The summed E-state index contributed by atoms with van der Waals surface area (Å²) in [4.78, 5) is 9.42. The van der Waals surface area contributed by atoms with Gasteiger partial charge in [-0.05, 0) is 24.5 Å². The van der Waals surface area contributed by atoms with Gasteiger partial charge in [0.1, 0.15) is 0 Å². The zero-order valence-corrected chi connectivity index (χ0v) is 17.9. The monoisotopic (exact) mass is 474 g/mol. The number of likely N-dealkylation sites (tertiary alicyclic amines) is 1. The lowest BCUT2D eigenvalue weighted by Crippen LogP contribution is -2.40. The summed E-state index contributed by atoms with van der Waals surface area (Å²) in [5, 5.41) is 13.1. The van der Waals surface area contributed by atoms with Crippen molar-refractivity contribution in [3.63, 3.8) is 0 Å². The Labute approximate surface area is 173 Å². The van der Waals surface area contributed by atoms with E-state index >= 15 is 0 Å². The van der Waals surface area contributed by atoms with E-state index in [1.165, 1.54) is 11.1 Å². The van der Waals surface area contributed by atoms with Crippen LogP contribution < -0.4 is 5.32 Å². The van der Waals surface area contributed by atoms with Crippen molar-refractivity contribution in [2.75, 3.05) is 45.9 Å². The van der Waals surface area contributed by atoms with Crippen molar-refractivity contribution >= 4 is 29.9 Å². The van der Waals surface area contributed by atoms with Crippen LogP contribution in [0, 0.1) is 0 Å². The van der Waals surface area contributed by atoms with Gasteiger partial charge in [-0.2, -0.15) is 0 Å². The maximum Gasteiger partial charge on any atom is 0.194 e. The summed E-state index contributed by atoms with van der Waals surface area (Å²) >= 11 is 0. The number of benzene rings is 1. The second-order valence-electron chi connectivity index (χ2n) is 6.72. The van der Waals surface area contributed by atoms with Crippen LogP contribution >= 0.6 is 24.0 Å². The number of ether oxygens (including phenoxy) is 1. The molecule has 2 N–H and O–H groups in total. The predicted molar refractivity (Wildman–Crippen MR) is 115 cm³/mol. The fourth-order valence-electron chi connectivity index (χ4n) is 3.39. The van der Waals surface area contributed by atoms with E-state index in [0.29, 0.717) is 13.1 Å². The van der Waals surface area contributed by atoms with Gasteiger partial charge in [-0.15, -0.1) is 24.0 Å². The van der Waals surface area contributed by atoms with Crippen molar-refractivity contribution in [2.24, 2.45) is 4.99 Å². The molecule has 0 aromatic heterocycles. The van der Waals surface area contributed by atoms with Crippen LogP contribution in [0.4, 0.5) is 0 Å². The molecule has 2 aliphatic rings. The van der Waals surface area contributed by atoms with Gasteiger partial charge >= 0.3 is 0 Å². The molecule has 0 saturated carbocycles. The van der Waals surface area contributed by atoms with Crippen LogP contribution in [-0.4, -0.2) is 72.9 Å². The molecular formula is C19H31IN4O2. The van der Waals surface area contributed by atoms with Crippen LogP contribution in [0.15, 0.2) is 29.3 Å². The molecule has 2 fully saturated rings. The lowest BCUT2D eigenvalue weighted by Gasteiger charge is -2.27. The van der Waals surface area contributed by atoms with E-state index in [1.807, 2.05) is 0 Å². The van der Waals surface area contributed by atoms with E-state index in [0.717, 1.165) is 58.3 Å². The van der Waals surface area contributed by atoms with Crippen molar-refractivity contribution in [2.45, 2.75) is 32.5 Å². The number of nitrogens with one attached hydrogen (secondary N) is 1. The highest BCUT2D eigenvalue weighted by Crippen LogP contribution is 2.15. The highest BCUT2D eigenvalue weighted by molar-refractivity contribution is 14.0. The molecule has 2 aliphatic heterocycles. The topological polar surface area (TPSA) is 60.3 Å². The van der Waals surface area contributed by atoms with E-state index in [4.69, 9.17) is 9.73 Å². The second-order valence-corrected chi connectivity index (χ2v) is 6.72. The van der Waals surface area contributed by atoms with E-state index in [1.54, 1.807) is 0 Å². The molecule has 6 nitrogen and oxygen atoms in total. The normalized spacial score (nSPS) is 21.5. The van der Waals surface area contributed by atoms with Crippen LogP contribution in [0.3, 0.4) is 0 Å². The highest BCUT2D eigenvalue weighted by atomic mass is 127. The van der Waals surface area contributed by atoms with Crippen molar-refractivity contribution in [3.05, 3.63) is 35.4 Å². The molecule has 0 bridgehead atoms. The molecule has 146 valence electrons. The lowest BCUT2D eigenvalue weighted by molar-refractivity contribution is 0.0341. The van der Waals surface area contributed by atoms with E-state index in [2.05, 4.69) is 46.3 Å². The van der Waals surface area contributed by atoms with Gasteiger partial charge in [0.25, 0.3) is 0 Å². The fraction of sp³-hybridized carbons (Fsp3) is 0.632. The van der Waals surface area contributed by atoms with Gasteiger partial charge in [-0.25, -0.2) is 4.99 Å². The standard InChI is InChI=1S/C19H30N4O2.HI/c1-2-20-19(23-8-7-18(24)15-23)21-13-16-5-3-4-6-17(16)14-22-9-11-25-12-10-22;/h3-6,18,24H,2,7-15H2,1H3,(H,20,21);1H/t18-;/m1./s1. The number of aliphatic hydroxyl groups is 1. The Morgan fingerprint density at radius 2 is 1.96 bits per heavy atom. The molecular weight excluding hydrogens is 443 g/mol. The SMILES string of the molecule is CCNC(=NCc1ccccc1CN1CCOCC1)N1CC[C@@H](O)C1.I. The third-order valence-electron chi connectivity index (χ3n) is 4.81. The minimum absolute atomic E-state index is 0. The number of nitrogens with zero attached hydrogens (tertiary/aromatic N) is 3. The maximum absolute atomic E-state index is 9.79.